The zero-order valence-electron chi connectivity index (χ0n) is 11.3. The van der Waals surface area contributed by atoms with Crippen molar-refractivity contribution in [3.8, 4) is 0 Å². The van der Waals surface area contributed by atoms with E-state index >= 15 is 0 Å². The standard InChI is InChI=1S/C13H24N4/c1-9-5-10(2)7-11(6-9)17-8-12(15-16-17)13(3,4)14/h8-11H,5-7,14H2,1-4H3. The van der Waals surface area contributed by atoms with Gasteiger partial charge in [0.2, 0.25) is 0 Å². The van der Waals surface area contributed by atoms with Crippen molar-refractivity contribution in [3.05, 3.63) is 11.9 Å². The lowest BCUT2D eigenvalue weighted by atomic mass is 9.80. The van der Waals surface area contributed by atoms with E-state index in [1.807, 2.05) is 24.7 Å². The first kappa shape index (κ1) is 12.6. The van der Waals surface area contributed by atoms with Crippen LogP contribution in [0.4, 0.5) is 0 Å². The predicted molar refractivity (Wildman–Crippen MR) is 68.5 cm³/mol. The van der Waals surface area contributed by atoms with Gasteiger partial charge in [0.05, 0.1) is 17.8 Å². The van der Waals surface area contributed by atoms with Crippen molar-refractivity contribution in [1.29, 1.82) is 0 Å². The minimum atomic E-state index is -0.399. The average Bonchev–Trinajstić information content (AvgIpc) is 2.63. The summed E-state index contributed by atoms with van der Waals surface area (Å²) < 4.78 is 2.02. The first-order valence-electron chi connectivity index (χ1n) is 6.57. The molecule has 0 aliphatic heterocycles. The Morgan fingerprint density at radius 3 is 2.29 bits per heavy atom. The van der Waals surface area contributed by atoms with E-state index in [0.717, 1.165) is 17.5 Å². The lowest BCUT2D eigenvalue weighted by molar-refractivity contribution is 0.208. The molecule has 0 amide bonds. The Morgan fingerprint density at radius 1 is 1.24 bits per heavy atom. The molecular formula is C13H24N4. The van der Waals surface area contributed by atoms with E-state index in [4.69, 9.17) is 5.73 Å². The van der Waals surface area contributed by atoms with Crippen LogP contribution in [-0.4, -0.2) is 15.0 Å². The lowest BCUT2D eigenvalue weighted by Crippen LogP contribution is -2.29. The highest BCUT2D eigenvalue weighted by Gasteiger charge is 2.27. The second-order valence-electron chi connectivity index (χ2n) is 6.38. The molecule has 2 unspecified atom stereocenters. The summed E-state index contributed by atoms with van der Waals surface area (Å²) in [7, 11) is 0. The van der Waals surface area contributed by atoms with Crippen LogP contribution in [0, 0.1) is 11.8 Å². The zero-order chi connectivity index (χ0) is 12.6. The van der Waals surface area contributed by atoms with Crippen LogP contribution in [0.5, 0.6) is 0 Å². The third-order valence-electron chi connectivity index (χ3n) is 3.70. The van der Waals surface area contributed by atoms with Crippen LogP contribution in [0.2, 0.25) is 0 Å². The van der Waals surface area contributed by atoms with Crippen molar-refractivity contribution in [1.82, 2.24) is 15.0 Å². The molecule has 2 rings (SSSR count). The van der Waals surface area contributed by atoms with E-state index in [0.29, 0.717) is 6.04 Å². The number of hydrogen-bond acceptors (Lipinski definition) is 3. The SMILES string of the molecule is CC1CC(C)CC(n2cc(C(C)(C)N)nn2)C1. The summed E-state index contributed by atoms with van der Waals surface area (Å²) in [6.07, 6.45) is 5.77. The van der Waals surface area contributed by atoms with Crippen LogP contribution in [0.1, 0.15) is 58.7 Å². The Bertz CT molecular complexity index is 367. The molecule has 4 nitrogen and oxygen atoms in total. The van der Waals surface area contributed by atoms with Crippen LogP contribution in [0.15, 0.2) is 6.20 Å². The van der Waals surface area contributed by atoms with E-state index in [-0.39, 0.29) is 0 Å². The van der Waals surface area contributed by atoms with Crippen LogP contribution in [0.25, 0.3) is 0 Å². The number of hydrogen-bond donors (Lipinski definition) is 1. The van der Waals surface area contributed by atoms with Gasteiger partial charge in [-0.25, -0.2) is 4.68 Å². The average molecular weight is 236 g/mol. The highest BCUT2D eigenvalue weighted by molar-refractivity contribution is 5.06. The molecule has 0 aromatic carbocycles. The molecule has 96 valence electrons. The highest BCUT2D eigenvalue weighted by atomic mass is 15.4. The monoisotopic (exact) mass is 236 g/mol. The first-order chi connectivity index (χ1) is 7.86. The van der Waals surface area contributed by atoms with Gasteiger partial charge in [-0.3, -0.25) is 0 Å². The van der Waals surface area contributed by atoms with Crippen molar-refractivity contribution < 1.29 is 0 Å². The minimum absolute atomic E-state index is 0.399. The third kappa shape index (κ3) is 2.86. The molecule has 4 heteroatoms. The van der Waals surface area contributed by atoms with Crippen LogP contribution in [-0.2, 0) is 5.54 Å². The van der Waals surface area contributed by atoms with E-state index in [9.17, 15) is 0 Å². The van der Waals surface area contributed by atoms with Crippen LogP contribution >= 0.6 is 0 Å². The van der Waals surface area contributed by atoms with E-state index < -0.39 is 5.54 Å². The first-order valence-corrected chi connectivity index (χ1v) is 6.57. The summed E-state index contributed by atoms with van der Waals surface area (Å²) in [6.45, 7) is 8.59. The molecule has 0 spiro atoms. The van der Waals surface area contributed by atoms with Gasteiger partial charge in [0.1, 0.15) is 5.69 Å². The van der Waals surface area contributed by atoms with Crippen LogP contribution in [0.3, 0.4) is 0 Å². The van der Waals surface area contributed by atoms with Gasteiger partial charge in [0.25, 0.3) is 0 Å². The molecular weight excluding hydrogens is 212 g/mol. The molecule has 1 aromatic rings. The molecule has 1 saturated carbocycles. The van der Waals surface area contributed by atoms with Gasteiger partial charge < -0.3 is 5.73 Å². The summed E-state index contributed by atoms with van der Waals surface area (Å²) in [5, 5.41) is 8.46. The second kappa shape index (κ2) is 4.41. The molecule has 1 aliphatic carbocycles. The fraction of sp³-hybridized carbons (Fsp3) is 0.846. The summed E-state index contributed by atoms with van der Waals surface area (Å²) in [6, 6.07) is 0.498. The Labute approximate surface area is 104 Å². The van der Waals surface area contributed by atoms with E-state index in [1.165, 1.54) is 19.3 Å². The molecule has 0 bridgehead atoms. The summed E-state index contributed by atoms with van der Waals surface area (Å²) in [5.41, 5.74) is 6.52. The maximum absolute atomic E-state index is 6.04. The van der Waals surface area contributed by atoms with E-state index in [1.54, 1.807) is 0 Å². The summed E-state index contributed by atoms with van der Waals surface area (Å²) in [5.74, 6) is 1.56. The third-order valence-corrected chi connectivity index (χ3v) is 3.70. The quantitative estimate of drug-likeness (QED) is 0.858. The van der Waals surface area contributed by atoms with Crippen molar-refractivity contribution in [3.63, 3.8) is 0 Å². The normalized spacial score (nSPS) is 30.5. The minimum Gasteiger partial charge on any atom is -0.320 e. The van der Waals surface area contributed by atoms with Gasteiger partial charge in [0.15, 0.2) is 0 Å². The van der Waals surface area contributed by atoms with Gasteiger partial charge in [0, 0.05) is 0 Å². The molecule has 2 atom stereocenters. The van der Waals surface area contributed by atoms with Crippen molar-refractivity contribution in [2.75, 3.05) is 0 Å². The molecule has 1 aliphatic rings. The zero-order valence-corrected chi connectivity index (χ0v) is 11.3. The lowest BCUT2D eigenvalue weighted by Gasteiger charge is -2.31. The molecule has 1 aromatic heterocycles. The second-order valence-corrected chi connectivity index (χ2v) is 6.38. The Morgan fingerprint density at radius 2 is 1.82 bits per heavy atom. The fourth-order valence-corrected chi connectivity index (χ4v) is 2.87. The smallest absolute Gasteiger partial charge is 0.102 e. The maximum Gasteiger partial charge on any atom is 0.102 e. The van der Waals surface area contributed by atoms with E-state index in [2.05, 4.69) is 24.2 Å². The van der Waals surface area contributed by atoms with Crippen LogP contribution < -0.4 is 5.73 Å². The number of rotatable bonds is 2. The van der Waals surface area contributed by atoms with Gasteiger partial charge in [-0.15, -0.1) is 5.10 Å². The molecule has 17 heavy (non-hydrogen) atoms. The van der Waals surface area contributed by atoms with Crippen molar-refractivity contribution in [2.24, 2.45) is 17.6 Å². The Hall–Kier alpha value is -0.900. The summed E-state index contributed by atoms with van der Waals surface area (Å²) >= 11 is 0. The molecule has 0 radical (unpaired) electrons. The largest absolute Gasteiger partial charge is 0.320 e. The fourth-order valence-electron chi connectivity index (χ4n) is 2.87. The predicted octanol–water partition coefficient (Wildman–Crippen LogP) is 2.47. The van der Waals surface area contributed by atoms with Crippen molar-refractivity contribution in [2.45, 2.75) is 58.5 Å². The van der Waals surface area contributed by atoms with Gasteiger partial charge >= 0.3 is 0 Å². The molecule has 2 N–H and O–H groups in total. The number of aromatic nitrogens is 3. The van der Waals surface area contributed by atoms with Crippen molar-refractivity contribution >= 4 is 0 Å². The molecule has 1 fully saturated rings. The van der Waals surface area contributed by atoms with Gasteiger partial charge in [-0.05, 0) is 44.9 Å². The van der Waals surface area contributed by atoms with Gasteiger partial charge in [-0.1, -0.05) is 19.1 Å². The maximum atomic E-state index is 6.04. The molecule has 1 heterocycles. The van der Waals surface area contributed by atoms with Gasteiger partial charge in [-0.2, -0.15) is 0 Å². The Balaban J connectivity index is 2.14. The number of nitrogens with two attached hydrogens (primary N) is 1. The highest BCUT2D eigenvalue weighted by Crippen LogP contribution is 2.35. The molecule has 0 saturated heterocycles. The number of nitrogens with zero attached hydrogens (tertiary/aromatic N) is 3. The summed E-state index contributed by atoms with van der Waals surface area (Å²) in [4.78, 5) is 0. The topological polar surface area (TPSA) is 56.7 Å². The Kier molecular flexibility index (Phi) is 3.25.